The van der Waals surface area contributed by atoms with Gasteiger partial charge in [0.25, 0.3) is 11.8 Å². The van der Waals surface area contributed by atoms with Crippen LogP contribution in [0.4, 0.5) is 25.0 Å². The maximum absolute atomic E-state index is 14.2. The van der Waals surface area contributed by atoms with Crippen molar-refractivity contribution in [2.75, 3.05) is 10.2 Å². The first-order chi connectivity index (χ1) is 19.9. The summed E-state index contributed by atoms with van der Waals surface area (Å²) in [6.07, 6.45) is 0.280. The number of rotatable bonds is 4. The Balaban J connectivity index is 1.31. The number of nitrogens with one attached hydrogen (secondary N) is 2. The average Bonchev–Trinajstić information content (AvgIpc) is 3.48. The van der Waals surface area contributed by atoms with Crippen LogP contribution in [-0.2, 0) is 11.2 Å². The number of carbonyl (C=O) groups excluding carboxylic acids is 3. The number of fused-ring (bicyclic) bond motifs is 4. The van der Waals surface area contributed by atoms with E-state index in [1.54, 1.807) is 30.3 Å². The predicted octanol–water partition coefficient (Wildman–Crippen LogP) is 6.18. The van der Waals surface area contributed by atoms with Gasteiger partial charge in [0.15, 0.2) is 0 Å². The topological polar surface area (TPSA) is 85.5 Å². The lowest BCUT2D eigenvalue weighted by molar-refractivity contribution is -0.120. The molecule has 0 radical (unpaired) electrons. The molecule has 41 heavy (non-hydrogen) atoms. The number of H-pyrrole nitrogens is 1. The number of nitrogens with zero attached hydrogens (tertiary/aromatic N) is 2. The van der Waals surface area contributed by atoms with Gasteiger partial charge in [0.2, 0.25) is 0 Å². The summed E-state index contributed by atoms with van der Waals surface area (Å²) in [4.78, 5) is 47.5. The van der Waals surface area contributed by atoms with Crippen LogP contribution in [0.15, 0.2) is 97.1 Å². The molecule has 3 heterocycles. The number of hydrogen-bond donors (Lipinski definition) is 2. The number of aromatic nitrogens is 1. The van der Waals surface area contributed by atoms with Crippen LogP contribution in [0.5, 0.6) is 0 Å². The van der Waals surface area contributed by atoms with E-state index in [4.69, 9.17) is 0 Å². The standard InChI is InChI=1S/C32H22F2N4O3/c33-19-11-9-18(10-12-19)29-28-24(22-5-1-3-7-25(22)36-28)17-27-31(40)38(32(41)37(27)29)26-8-4-2-6-23(26)30(39)35-21-15-13-20(34)14-16-21/h1-16,27,29,36H,17H2,(H,35,39)/t27-,29-/m0/s1. The number of aromatic amines is 1. The Morgan fingerprint density at radius 1 is 0.829 bits per heavy atom. The molecule has 2 aliphatic rings. The zero-order valence-corrected chi connectivity index (χ0v) is 21.5. The molecule has 2 atom stereocenters. The molecule has 7 nitrogen and oxygen atoms in total. The molecule has 5 aromatic rings. The minimum atomic E-state index is -0.836. The Morgan fingerprint density at radius 3 is 2.24 bits per heavy atom. The van der Waals surface area contributed by atoms with Crippen molar-refractivity contribution in [1.29, 1.82) is 0 Å². The van der Waals surface area contributed by atoms with Gasteiger partial charge in [-0.15, -0.1) is 0 Å². The van der Waals surface area contributed by atoms with Crippen molar-refractivity contribution in [2.45, 2.75) is 18.5 Å². The molecule has 1 fully saturated rings. The molecule has 1 saturated heterocycles. The molecule has 7 rings (SSSR count). The summed E-state index contributed by atoms with van der Waals surface area (Å²) in [6, 6.07) is 23.2. The zero-order chi connectivity index (χ0) is 28.2. The van der Waals surface area contributed by atoms with Gasteiger partial charge in [-0.1, -0.05) is 42.5 Å². The van der Waals surface area contributed by atoms with E-state index in [1.165, 1.54) is 47.4 Å². The number of carbonyl (C=O) groups is 3. The highest BCUT2D eigenvalue weighted by molar-refractivity contribution is 6.24. The number of imide groups is 1. The molecular formula is C32H22F2N4O3. The molecule has 0 aliphatic carbocycles. The van der Waals surface area contributed by atoms with Crippen molar-refractivity contribution in [3.05, 3.63) is 131 Å². The lowest BCUT2D eigenvalue weighted by atomic mass is 9.89. The molecule has 2 N–H and O–H groups in total. The molecule has 2 aliphatic heterocycles. The van der Waals surface area contributed by atoms with E-state index in [0.29, 0.717) is 11.3 Å². The van der Waals surface area contributed by atoms with Gasteiger partial charge >= 0.3 is 6.03 Å². The SMILES string of the molecule is O=C(Nc1ccc(F)cc1)c1ccccc1N1C(=O)[C@@H]2Cc3c([nH]c4ccccc34)[C@H](c3ccc(F)cc3)N2C1=O. The Bertz CT molecular complexity index is 1850. The normalized spacial score (nSPS) is 18.0. The number of para-hydroxylation sites is 2. The highest BCUT2D eigenvalue weighted by Gasteiger charge is 2.53. The van der Waals surface area contributed by atoms with E-state index in [9.17, 15) is 23.2 Å². The maximum atomic E-state index is 14.2. The van der Waals surface area contributed by atoms with Crippen molar-refractivity contribution < 1.29 is 23.2 Å². The highest BCUT2D eigenvalue weighted by Crippen LogP contribution is 2.45. The summed E-state index contributed by atoms with van der Waals surface area (Å²) >= 11 is 0. The van der Waals surface area contributed by atoms with E-state index >= 15 is 0 Å². The van der Waals surface area contributed by atoms with E-state index in [1.807, 2.05) is 24.3 Å². The molecule has 202 valence electrons. The van der Waals surface area contributed by atoms with Crippen LogP contribution in [0.3, 0.4) is 0 Å². The summed E-state index contributed by atoms with van der Waals surface area (Å²) < 4.78 is 27.3. The Hall–Kier alpha value is -5.31. The van der Waals surface area contributed by atoms with Crippen LogP contribution < -0.4 is 10.2 Å². The van der Waals surface area contributed by atoms with Gasteiger partial charge in [0.05, 0.1) is 11.3 Å². The third-order valence-electron chi connectivity index (χ3n) is 7.73. The lowest BCUT2D eigenvalue weighted by Crippen LogP contribution is -2.44. The molecule has 0 unspecified atom stereocenters. The highest BCUT2D eigenvalue weighted by atomic mass is 19.1. The summed E-state index contributed by atoms with van der Waals surface area (Å²) in [6.45, 7) is 0. The fourth-order valence-electron chi connectivity index (χ4n) is 5.88. The van der Waals surface area contributed by atoms with E-state index in [-0.39, 0.29) is 17.7 Å². The quantitative estimate of drug-likeness (QED) is 0.263. The van der Waals surface area contributed by atoms with Gasteiger partial charge in [-0.2, -0.15) is 0 Å². The average molecular weight is 549 g/mol. The van der Waals surface area contributed by atoms with Crippen LogP contribution in [-0.4, -0.2) is 33.8 Å². The minimum Gasteiger partial charge on any atom is -0.356 e. The predicted molar refractivity (Wildman–Crippen MR) is 150 cm³/mol. The van der Waals surface area contributed by atoms with Gasteiger partial charge in [0, 0.05) is 28.7 Å². The zero-order valence-electron chi connectivity index (χ0n) is 21.5. The van der Waals surface area contributed by atoms with Crippen LogP contribution in [0.1, 0.15) is 33.2 Å². The second-order valence-electron chi connectivity index (χ2n) is 10.1. The molecular weight excluding hydrogens is 526 g/mol. The Kier molecular flexibility index (Phi) is 5.67. The molecule has 9 heteroatoms. The van der Waals surface area contributed by atoms with Crippen molar-refractivity contribution in [3.8, 4) is 0 Å². The number of urea groups is 1. The Labute approximate surface area is 233 Å². The van der Waals surface area contributed by atoms with Crippen molar-refractivity contribution in [3.63, 3.8) is 0 Å². The summed E-state index contributed by atoms with van der Waals surface area (Å²) in [5, 5.41) is 3.65. The minimum absolute atomic E-state index is 0.112. The smallest absolute Gasteiger partial charge is 0.332 e. The molecule has 0 bridgehead atoms. The van der Waals surface area contributed by atoms with Crippen LogP contribution in [0.25, 0.3) is 10.9 Å². The second-order valence-corrected chi connectivity index (χ2v) is 10.1. The summed E-state index contributed by atoms with van der Waals surface area (Å²) in [5.74, 6) is -1.87. The molecule has 0 spiro atoms. The van der Waals surface area contributed by atoms with Crippen molar-refractivity contribution >= 4 is 40.1 Å². The largest absolute Gasteiger partial charge is 0.356 e. The molecule has 4 amide bonds. The van der Waals surface area contributed by atoms with Crippen molar-refractivity contribution in [2.24, 2.45) is 0 Å². The van der Waals surface area contributed by atoms with Crippen LogP contribution in [0.2, 0.25) is 0 Å². The third-order valence-corrected chi connectivity index (χ3v) is 7.73. The van der Waals surface area contributed by atoms with Gasteiger partial charge in [-0.05, 0) is 65.7 Å². The second kappa shape index (κ2) is 9.41. The van der Waals surface area contributed by atoms with E-state index in [0.717, 1.165) is 27.1 Å². The first kappa shape index (κ1) is 24.7. The Morgan fingerprint density at radius 2 is 1.49 bits per heavy atom. The van der Waals surface area contributed by atoms with Crippen LogP contribution >= 0.6 is 0 Å². The lowest BCUT2D eigenvalue weighted by Gasteiger charge is -2.36. The van der Waals surface area contributed by atoms with Gasteiger partial charge in [-0.25, -0.2) is 18.5 Å². The molecule has 1 aromatic heterocycles. The fourth-order valence-corrected chi connectivity index (χ4v) is 5.88. The summed E-state index contributed by atoms with van der Waals surface area (Å²) in [7, 11) is 0. The fraction of sp³-hybridized carbons (Fsp3) is 0.0938. The molecule has 0 saturated carbocycles. The number of anilines is 2. The molecule has 4 aromatic carbocycles. The van der Waals surface area contributed by atoms with Gasteiger partial charge in [0.1, 0.15) is 23.7 Å². The first-order valence-corrected chi connectivity index (χ1v) is 13.1. The number of benzene rings is 4. The first-order valence-electron chi connectivity index (χ1n) is 13.1. The maximum Gasteiger partial charge on any atom is 0.332 e. The van der Waals surface area contributed by atoms with Crippen LogP contribution in [0, 0.1) is 11.6 Å². The van der Waals surface area contributed by atoms with Gasteiger partial charge in [-0.3, -0.25) is 14.5 Å². The number of halogens is 2. The number of hydrogen-bond acceptors (Lipinski definition) is 3. The number of amides is 4. The van der Waals surface area contributed by atoms with Crippen molar-refractivity contribution in [1.82, 2.24) is 9.88 Å². The van der Waals surface area contributed by atoms with E-state index in [2.05, 4.69) is 10.3 Å². The summed E-state index contributed by atoms with van der Waals surface area (Å²) in [5.41, 5.74) is 3.83. The van der Waals surface area contributed by atoms with Gasteiger partial charge < -0.3 is 10.3 Å². The third kappa shape index (κ3) is 3.97. The monoisotopic (exact) mass is 548 g/mol. The van der Waals surface area contributed by atoms with E-state index < -0.39 is 41.6 Å².